The zero-order valence-corrected chi connectivity index (χ0v) is 15.9. The predicted octanol–water partition coefficient (Wildman–Crippen LogP) is 2.52. The van der Waals surface area contributed by atoms with Crippen molar-refractivity contribution in [1.29, 1.82) is 0 Å². The van der Waals surface area contributed by atoms with Crippen molar-refractivity contribution in [2.45, 2.75) is 12.8 Å². The van der Waals surface area contributed by atoms with Crippen LogP contribution in [0.2, 0.25) is 0 Å². The minimum absolute atomic E-state index is 0.0322. The van der Waals surface area contributed by atoms with Crippen molar-refractivity contribution in [3.63, 3.8) is 0 Å². The highest BCUT2D eigenvalue weighted by Crippen LogP contribution is 2.32. The van der Waals surface area contributed by atoms with Gasteiger partial charge in [0.15, 0.2) is 5.13 Å². The Morgan fingerprint density at radius 3 is 3.08 bits per heavy atom. The molecule has 1 aliphatic rings. The summed E-state index contributed by atoms with van der Waals surface area (Å²) in [4.78, 5) is 21.8. The summed E-state index contributed by atoms with van der Waals surface area (Å²) in [6.45, 7) is 3.94. The highest BCUT2D eigenvalue weighted by Gasteiger charge is 2.26. The van der Waals surface area contributed by atoms with Gasteiger partial charge in [0.05, 0.1) is 17.7 Å². The van der Waals surface area contributed by atoms with E-state index in [-0.39, 0.29) is 11.8 Å². The number of methoxy groups -OCH3 is 1. The van der Waals surface area contributed by atoms with Crippen LogP contribution in [0, 0.1) is 5.92 Å². The molecule has 1 amide bonds. The Kier molecular flexibility index (Phi) is 5.88. The Hall–Kier alpha value is -1.70. The van der Waals surface area contributed by atoms with Gasteiger partial charge in [0.2, 0.25) is 5.91 Å². The summed E-state index contributed by atoms with van der Waals surface area (Å²) in [5.41, 5.74) is 0.807. The number of likely N-dealkylation sites (tertiary alicyclic amines) is 1. The fourth-order valence-corrected chi connectivity index (χ4v) is 4.05. The van der Waals surface area contributed by atoms with E-state index in [9.17, 15) is 4.79 Å². The molecule has 1 unspecified atom stereocenters. The number of nitrogens with one attached hydrogen (secondary N) is 1. The van der Waals surface area contributed by atoms with E-state index in [4.69, 9.17) is 4.74 Å². The number of hydrogen-bond donors (Lipinski definition) is 1. The molecule has 1 N–H and O–H groups in total. The average molecular weight is 362 g/mol. The molecule has 1 aliphatic heterocycles. The monoisotopic (exact) mass is 362 g/mol. The molecule has 1 aromatic carbocycles. The molecule has 1 atom stereocenters. The van der Waals surface area contributed by atoms with Gasteiger partial charge in [-0.2, -0.15) is 0 Å². The van der Waals surface area contributed by atoms with Crippen LogP contribution >= 0.6 is 11.3 Å². The van der Waals surface area contributed by atoms with Gasteiger partial charge in [0, 0.05) is 19.6 Å². The summed E-state index contributed by atoms with van der Waals surface area (Å²) >= 11 is 1.49. The summed E-state index contributed by atoms with van der Waals surface area (Å²) in [6.07, 6.45) is 2.01. The van der Waals surface area contributed by atoms with E-state index in [1.807, 2.05) is 18.2 Å². The van der Waals surface area contributed by atoms with Crippen LogP contribution in [0.5, 0.6) is 5.75 Å². The first-order chi connectivity index (χ1) is 12.1. The van der Waals surface area contributed by atoms with Gasteiger partial charge < -0.3 is 19.9 Å². The van der Waals surface area contributed by atoms with Gasteiger partial charge in [-0.1, -0.05) is 17.4 Å². The van der Waals surface area contributed by atoms with Crippen molar-refractivity contribution in [3.05, 3.63) is 18.2 Å². The van der Waals surface area contributed by atoms with Gasteiger partial charge in [0.25, 0.3) is 0 Å². The summed E-state index contributed by atoms with van der Waals surface area (Å²) in [5.74, 6) is 0.846. The van der Waals surface area contributed by atoms with Gasteiger partial charge in [-0.25, -0.2) is 4.98 Å². The number of nitrogens with zero attached hydrogens (tertiary/aromatic N) is 3. The molecule has 2 heterocycles. The number of ether oxygens (including phenoxy) is 1. The van der Waals surface area contributed by atoms with Gasteiger partial charge in [0.1, 0.15) is 11.3 Å². The lowest BCUT2D eigenvalue weighted by Crippen LogP contribution is -2.43. The largest absolute Gasteiger partial charge is 0.494 e. The molecule has 0 aliphatic carbocycles. The Balaban J connectivity index is 1.63. The van der Waals surface area contributed by atoms with E-state index in [0.29, 0.717) is 5.13 Å². The van der Waals surface area contributed by atoms with E-state index >= 15 is 0 Å². The third-order valence-electron chi connectivity index (χ3n) is 4.57. The van der Waals surface area contributed by atoms with Gasteiger partial charge in [-0.3, -0.25) is 4.79 Å². The fourth-order valence-electron chi connectivity index (χ4n) is 3.16. The number of piperidine rings is 1. The molecule has 25 heavy (non-hydrogen) atoms. The lowest BCUT2D eigenvalue weighted by atomic mass is 9.97. The van der Waals surface area contributed by atoms with Crippen molar-refractivity contribution >= 4 is 32.6 Å². The molecule has 2 aromatic rings. The van der Waals surface area contributed by atoms with Gasteiger partial charge in [-0.15, -0.1) is 0 Å². The van der Waals surface area contributed by atoms with E-state index in [1.165, 1.54) is 11.3 Å². The van der Waals surface area contributed by atoms with Crippen LogP contribution in [-0.2, 0) is 4.79 Å². The minimum atomic E-state index is 0.0322. The highest BCUT2D eigenvalue weighted by atomic mass is 32.1. The summed E-state index contributed by atoms with van der Waals surface area (Å²) < 4.78 is 6.36. The number of anilines is 1. The number of hydrogen-bond acceptors (Lipinski definition) is 6. The molecule has 7 heteroatoms. The average Bonchev–Trinajstić information content (AvgIpc) is 3.02. The lowest BCUT2D eigenvalue weighted by Gasteiger charge is -2.32. The standard InChI is InChI=1S/C18H26N4O2S/c1-21(2)10-11-22-9-5-6-13(12-22)17(23)20-18-19-16-14(24-3)7-4-8-15(16)25-18/h4,7-8,13H,5-6,9-12H2,1-3H3,(H,19,20,23). The van der Waals surface area contributed by atoms with Crippen LogP contribution in [-0.4, -0.2) is 68.1 Å². The maximum Gasteiger partial charge on any atom is 0.230 e. The maximum atomic E-state index is 12.7. The number of para-hydroxylation sites is 1. The Bertz CT molecular complexity index is 731. The first kappa shape index (κ1) is 18.1. The van der Waals surface area contributed by atoms with Crippen molar-refractivity contribution in [2.24, 2.45) is 5.92 Å². The topological polar surface area (TPSA) is 57.7 Å². The zero-order chi connectivity index (χ0) is 17.8. The number of thiazole rings is 1. The molecule has 1 fully saturated rings. The van der Waals surface area contributed by atoms with Crippen molar-refractivity contribution < 1.29 is 9.53 Å². The van der Waals surface area contributed by atoms with E-state index in [2.05, 4.69) is 34.2 Å². The molecule has 0 radical (unpaired) electrons. The number of carbonyl (C=O) groups is 1. The molecule has 0 spiro atoms. The summed E-state index contributed by atoms with van der Waals surface area (Å²) in [6, 6.07) is 5.82. The Morgan fingerprint density at radius 2 is 2.32 bits per heavy atom. The van der Waals surface area contributed by atoms with Crippen LogP contribution in [0.25, 0.3) is 10.2 Å². The molecule has 6 nitrogen and oxygen atoms in total. The number of carbonyl (C=O) groups excluding carboxylic acids is 1. The lowest BCUT2D eigenvalue weighted by molar-refractivity contribution is -0.121. The van der Waals surface area contributed by atoms with Crippen LogP contribution in [0.15, 0.2) is 18.2 Å². The molecule has 0 saturated carbocycles. The van der Waals surface area contributed by atoms with E-state index in [1.54, 1.807) is 7.11 Å². The van der Waals surface area contributed by atoms with Crippen LogP contribution < -0.4 is 10.1 Å². The van der Waals surface area contributed by atoms with Gasteiger partial charge >= 0.3 is 0 Å². The molecular formula is C18H26N4O2S. The molecule has 1 saturated heterocycles. The minimum Gasteiger partial charge on any atom is -0.494 e. The zero-order valence-electron chi connectivity index (χ0n) is 15.1. The number of aromatic nitrogens is 1. The van der Waals surface area contributed by atoms with Gasteiger partial charge in [-0.05, 0) is 45.6 Å². The third kappa shape index (κ3) is 4.48. The van der Waals surface area contributed by atoms with E-state index < -0.39 is 0 Å². The molecular weight excluding hydrogens is 336 g/mol. The molecule has 3 rings (SSSR count). The fraction of sp³-hybridized carbons (Fsp3) is 0.556. The van der Waals surface area contributed by atoms with Crippen LogP contribution in [0.3, 0.4) is 0 Å². The third-order valence-corrected chi connectivity index (χ3v) is 5.51. The summed E-state index contributed by atoms with van der Waals surface area (Å²) in [5, 5.41) is 3.66. The first-order valence-corrected chi connectivity index (χ1v) is 9.50. The van der Waals surface area contributed by atoms with Crippen molar-refractivity contribution in [3.8, 4) is 5.75 Å². The normalized spacial score (nSPS) is 18.6. The SMILES string of the molecule is COc1cccc2sc(NC(=O)C3CCCN(CCN(C)C)C3)nc12. The Morgan fingerprint density at radius 1 is 1.48 bits per heavy atom. The maximum absolute atomic E-state index is 12.7. The van der Waals surface area contributed by atoms with Crippen LogP contribution in [0.4, 0.5) is 5.13 Å². The summed E-state index contributed by atoms with van der Waals surface area (Å²) in [7, 11) is 5.79. The molecule has 136 valence electrons. The van der Waals surface area contributed by atoms with Crippen molar-refractivity contribution in [1.82, 2.24) is 14.8 Å². The van der Waals surface area contributed by atoms with E-state index in [0.717, 1.165) is 55.0 Å². The molecule has 0 bridgehead atoms. The number of amides is 1. The second-order valence-electron chi connectivity index (χ2n) is 6.76. The van der Waals surface area contributed by atoms with Crippen LogP contribution in [0.1, 0.15) is 12.8 Å². The quantitative estimate of drug-likeness (QED) is 0.856. The Labute approximate surface area is 152 Å². The number of likely N-dealkylation sites (N-methyl/N-ethyl adjacent to an activating group) is 1. The second kappa shape index (κ2) is 8.12. The molecule has 1 aromatic heterocycles. The smallest absolute Gasteiger partial charge is 0.230 e. The highest BCUT2D eigenvalue weighted by molar-refractivity contribution is 7.22. The number of rotatable bonds is 6. The number of benzene rings is 1. The second-order valence-corrected chi connectivity index (χ2v) is 7.79. The predicted molar refractivity (Wildman–Crippen MR) is 103 cm³/mol. The van der Waals surface area contributed by atoms with Crippen molar-refractivity contribution in [2.75, 3.05) is 52.7 Å². The number of fused-ring (bicyclic) bond motifs is 1. The first-order valence-electron chi connectivity index (χ1n) is 8.68.